The minimum atomic E-state index is 0.0753. The summed E-state index contributed by atoms with van der Waals surface area (Å²) in [6, 6.07) is 6.30. The summed E-state index contributed by atoms with van der Waals surface area (Å²) in [5.41, 5.74) is 4.49. The molecule has 2 rings (SSSR count). The van der Waals surface area contributed by atoms with Crippen molar-refractivity contribution in [1.82, 2.24) is 9.97 Å². The van der Waals surface area contributed by atoms with Gasteiger partial charge in [-0.2, -0.15) is 0 Å². The molecule has 96 valence electrons. The molecule has 0 radical (unpaired) electrons. The Morgan fingerprint density at radius 3 is 2.06 bits per heavy atom. The van der Waals surface area contributed by atoms with Gasteiger partial charge in [0.15, 0.2) is 0 Å². The molecule has 0 aromatic carbocycles. The van der Waals surface area contributed by atoms with Gasteiger partial charge in [0.1, 0.15) is 0 Å². The number of pyridine rings is 2. The van der Waals surface area contributed by atoms with Crippen molar-refractivity contribution in [3.63, 3.8) is 0 Å². The van der Waals surface area contributed by atoms with E-state index in [2.05, 4.69) is 64.7 Å². The highest BCUT2D eigenvalue weighted by Crippen LogP contribution is 2.26. The van der Waals surface area contributed by atoms with Crippen LogP contribution < -0.4 is 0 Å². The molecular formula is C16H22N2. The Morgan fingerprint density at radius 2 is 1.50 bits per heavy atom. The predicted octanol–water partition coefficient (Wildman–Crippen LogP) is 4.22. The normalized spacial score (nSPS) is 13.0. The van der Waals surface area contributed by atoms with Crippen molar-refractivity contribution < 1.29 is 0 Å². The molecule has 0 aliphatic carbocycles. The van der Waals surface area contributed by atoms with Crippen LogP contribution in [0.5, 0.6) is 0 Å². The van der Waals surface area contributed by atoms with E-state index < -0.39 is 0 Å². The molecule has 18 heavy (non-hydrogen) atoms. The number of nitrogens with zero attached hydrogens (tertiary/aromatic N) is 2. The summed E-state index contributed by atoms with van der Waals surface area (Å²) in [4.78, 5) is 9.27. The minimum Gasteiger partial charge on any atom is -0.254 e. The fourth-order valence-electron chi connectivity index (χ4n) is 1.83. The molecule has 0 unspecified atom stereocenters. The highest BCUT2D eigenvalue weighted by atomic mass is 14.8. The van der Waals surface area contributed by atoms with E-state index in [1.807, 2.05) is 6.20 Å². The lowest BCUT2D eigenvalue weighted by atomic mass is 9.88. The highest BCUT2D eigenvalue weighted by molar-refractivity contribution is 5.75. The molecule has 2 nitrogen and oxygen atoms in total. The van der Waals surface area contributed by atoms with Gasteiger partial charge in [-0.25, -0.2) is 0 Å². The molecule has 0 saturated heterocycles. The zero-order chi connectivity index (χ0) is 13.6. The smallest absolute Gasteiger partial charge is 0.0893 e. The monoisotopic (exact) mass is 242 g/mol. The Kier molecular flexibility index (Phi) is 2.92. The molecule has 0 spiro atoms. The third-order valence-corrected chi connectivity index (χ3v) is 3.17. The standard InChI is InChI=1S/C16H22N2/c1-15(2,3)11-9-13-12(17-10-11)7-8-14(18-13)16(4,5)6/h7-10H,1-6H3. The second kappa shape index (κ2) is 4.04. The van der Waals surface area contributed by atoms with Gasteiger partial charge in [0, 0.05) is 17.3 Å². The van der Waals surface area contributed by atoms with Gasteiger partial charge in [0.05, 0.1) is 11.0 Å². The van der Waals surface area contributed by atoms with Crippen LogP contribution in [-0.4, -0.2) is 9.97 Å². The first kappa shape index (κ1) is 13.0. The van der Waals surface area contributed by atoms with E-state index in [0.717, 1.165) is 16.7 Å². The van der Waals surface area contributed by atoms with Crippen molar-refractivity contribution in [1.29, 1.82) is 0 Å². The summed E-state index contributed by atoms with van der Waals surface area (Å²) in [6.45, 7) is 13.1. The van der Waals surface area contributed by atoms with Crippen LogP contribution in [0, 0.1) is 0 Å². The van der Waals surface area contributed by atoms with Crippen molar-refractivity contribution in [2.24, 2.45) is 0 Å². The summed E-state index contributed by atoms with van der Waals surface area (Å²) in [7, 11) is 0. The number of fused-ring (bicyclic) bond motifs is 1. The Morgan fingerprint density at radius 1 is 0.833 bits per heavy atom. The van der Waals surface area contributed by atoms with E-state index in [4.69, 9.17) is 4.98 Å². The fourth-order valence-corrected chi connectivity index (χ4v) is 1.83. The molecule has 0 aliphatic rings. The first-order chi connectivity index (χ1) is 8.18. The summed E-state index contributed by atoms with van der Waals surface area (Å²) >= 11 is 0. The summed E-state index contributed by atoms with van der Waals surface area (Å²) < 4.78 is 0. The third-order valence-electron chi connectivity index (χ3n) is 3.17. The highest BCUT2D eigenvalue weighted by Gasteiger charge is 2.18. The number of rotatable bonds is 0. The molecule has 0 amide bonds. The van der Waals surface area contributed by atoms with Crippen LogP contribution in [0.15, 0.2) is 24.4 Å². The fraction of sp³-hybridized carbons (Fsp3) is 0.500. The minimum absolute atomic E-state index is 0.0753. The van der Waals surface area contributed by atoms with Gasteiger partial charge in [-0.3, -0.25) is 9.97 Å². The number of hydrogen-bond donors (Lipinski definition) is 0. The number of hydrogen-bond acceptors (Lipinski definition) is 2. The molecule has 0 saturated carbocycles. The molecule has 0 atom stereocenters. The lowest BCUT2D eigenvalue weighted by Crippen LogP contribution is -2.14. The van der Waals surface area contributed by atoms with Crippen molar-refractivity contribution >= 4 is 11.0 Å². The van der Waals surface area contributed by atoms with E-state index in [1.54, 1.807) is 0 Å². The van der Waals surface area contributed by atoms with Gasteiger partial charge in [-0.15, -0.1) is 0 Å². The summed E-state index contributed by atoms with van der Waals surface area (Å²) in [5, 5.41) is 0. The Hall–Kier alpha value is -1.44. The van der Waals surface area contributed by atoms with Crippen LogP contribution in [0.2, 0.25) is 0 Å². The molecule has 0 N–H and O–H groups in total. The quantitative estimate of drug-likeness (QED) is 0.691. The Balaban J connectivity index is 2.61. The zero-order valence-corrected chi connectivity index (χ0v) is 12.2. The predicted molar refractivity (Wildman–Crippen MR) is 76.9 cm³/mol. The maximum Gasteiger partial charge on any atom is 0.0893 e. The van der Waals surface area contributed by atoms with E-state index in [9.17, 15) is 0 Å². The molecule has 0 bridgehead atoms. The topological polar surface area (TPSA) is 25.8 Å². The molecular weight excluding hydrogens is 220 g/mol. The van der Waals surface area contributed by atoms with Gasteiger partial charge in [-0.1, -0.05) is 41.5 Å². The van der Waals surface area contributed by atoms with Crippen molar-refractivity contribution in [3.05, 3.63) is 35.7 Å². The zero-order valence-electron chi connectivity index (χ0n) is 12.2. The first-order valence-electron chi connectivity index (χ1n) is 6.46. The maximum absolute atomic E-state index is 4.76. The van der Waals surface area contributed by atoms with E-state index >= 15 is 0 Å². The van der Waals surface area contributed by atoms with Crippen LogP contribution in [0.4, 0.5) is 0 Å². The largest absolute Gasteiger partial charge is 0.254 e. The molecule has 2 aromatic heterocycles. The van der Waals surface area contributed by atoms with E-state index in [-0.39, 0.29) is 10.8 Å². The maximum atomic E-state index is 4.76. The van der Waals surface area contributed by atoms with Gasteiger partial charge in [-0.05, 0) is 29.2 Å². The van der Waals surface area contributed by atoms with Gasteiger partial charge < -0.3 is 0 Å². The average molecular weight is 242 g/mol. The SMILES string of the molecule is CC(C)(C)c1cnc2ccc(C(C)(C)C)nc2c1. The van der Waals surface area contributed by atoms with Crippen LogP contribution >= 0.6 is 0 Å². The molecule has 2 heterocycles. The summed E-state index contributed by atoms with van der Waals surface area (Å²) in [5.74, 6) is 0. The Labute approximate surface area is 109 Å². The lowest BCUT2D eigenvalue weighted by Gasteiger charge is -2.20. The lowest BCUT2D eigenvalue weighted by molar-refractivity contribution is 0.570. The van der Waals surface area contributed by atoms with Crippen molar-refractivity contribution in [2.75, 3.05) is 0 Å². The van der Waals surface area contributed by atoms with Crippen LogP contribution in [0.1, 0.15) is 52.8 Å². The van der Waals surface area contributed by atoms with Crippen molar-refractivity contribution in [3.8, 4) is 0 Å². The number of aromatic nitrogens is 2. The first-order valence-corrected chi connectivity index (χ1v) is 6.46. The van der Waals surface area contributed by atoms with Crippen LogP contribution in [0.3, 0.4) is 0 Å². The summed E-state index contributed by atoms with van der Waals surface area (Å²) in [6.07, 6.45) is 1.96. The average Bonchev–Trinajstić information content (AvgIpc) is 2.25. The van der Waals surface area contributed by atoms with E-state index in [1.165, 1.54) is 5.56 Å². The van der Waals surface area contributed by atoms with Crippen LogP contribution in [0.25, 0.3) is 11.0 Å². The van der Waals surface area contributed by atoms with Crippen molar-refractivity contribution in [2.45, 2.75) is 52.4 Å². The van der Waals surface area contributed by atoms with Gasteiger partial charge in [0.25, 0.3) is 0 Å². The Bertz CT molecular complexity index is 523. The van der Waals surface area contributed by atoms with E-state index in [0.29, 0.717) is 0 Å². The molecule has 2 aromatic rings. The molecule has 0 aliphatic heterocycles. The van der Waals surface area contributed by atoms with Crippen LogP contribution in [-0.2, 0) is 10.8 Å². The second-order valence-electron chi connectivity index (χ2n) is 6.96. The molecule has 2 heteroatoms. The van der Waals surface area contributed by atoms with Gasteiger partial charge in [0.2, 0.25) is 0 Å². The van der Waals surface area contributed by atoms with Gasteiger partial charge >= 0.3 is 0 Å². The molecule has 0 fully saturated rings. The third kappa shape index (κ3) is 2.53. The second-order valence-corrected chi connectivity index (χ2v) is 6.96.